The van der Waals surface area contributed by atoms with Gasteiger partial charge in [0.2, 0.25) is 0 Å². The van der Waals surface area contributed by atoms with Crippen LogP contribution in [0.4, 0.5) is 0 Å². The summed E-state index contributed by atoms with van der Waals surface area (Å²) in [7, 11) is 2.01. The van der Waals surface area contributed by atoms with E-state index in [0.29, 0.717) is 6.04 Å². The lowest BCUT2D eigenvalue weighted by Gasteiger charge is -2.36. The Labute approximate surface area is 133 Å². The Morgan fingerprint density at radius 3 is 2.33 bits per heavy atom. The number of rotatable bonds is 3. The number of piperazine rings is 1. The molecular weight excluding hydrogens is 282 g/mol. The van der Waals surface area contributed by atoms with Crippen molar-refractivity contribution in [2.75, 3.05) is 26.2 Å². The van der Waals surface area contributed by atoms with Crippen LogP contribution in [0, 0.1) is 13.8 Å². The fourth-order valence-electron chi connectivity index (χ4n) is 2.72. The molecule has 118 valence electrons. The van der Waals surface area contributed by atoms with E-state index < -0.39 is 0 Å². The van der Waals surface area contributed by atoms with Gasteiger partial charge in [0.1, 0.15) is 0 Å². The Hall–Kier alpha value is -1.14. The van der Waals surface area contributed by atoms with Gasteiger partial charge in [-0.1, -0.05) is 0 Å². The molecule has 1 saturated heterocycles. The second-order valence-corrected chi connectivity index (χ2v) is 6.53. The summed E-state index contributed by atoms with van der Waals surface area (Å²) in [5.74, 6) is 0. The molecule has 0 atom stereocenters. The monoisotopic (exact) mass is 309 g/mol. The average molecular weight is 309 g/mol. The molecule has 2 heterocycles. The molecule has 1 fully saturated rings. The smallest absolute Gasteiger partial charge is 0.169 e. The summed E-state index contributed by atoms with van der Waals surface area (Å²) in [5.41, 5.74) is 3.79. The molecule has 21 heavy (non-hydrogen) atoms. The van der Waals surface area contributed by atoms with Gasteiger partial charge in [0.05, 0.1) is 5.69 Å². The molecule has 0 spiro atoms. The number of hydrogen-bond donors (Lipinski definition) is 1. The molecule has 0 aliphatic carbocycles. The van der Waals surface area contributed by atoms with Crippen LogP contribution in [0.5, 0.6) is 0 Å². The molecule has 1 aliphatic rings. The maximum absolute atomic E-state index is 5.45. The van der Waals surface area contributed by atoms with Crippen molar-refractivity contribution in [1.82, 2.24) is 24.9 Å². The Morgan fingerprint density at radius 1 is 1.24 bits per heavy atom. The van der Waals surface area contributed by atoms with E-state index in [9.17, 15) is 0 Å². The maximum atomic E-state index is 5.45. The van der Waals surface area contributed by atoms with Crippen LogP contribution in [-0.4, -0.2) is 56.9 Å². The first-order valence-electron chi connectivity index (χ1n) is 7.65. The second-order valence-electron chi connectivity index (χ2n) is 6.14. The Kier molecular flexibility index (Phi) is 5.22. The van der Waals surface area contributed by atoms with E-state index in [4.69, 9.17) is 12.2 Å². The van der Waals surface area contributed by atoms with Crippen molar-refractivity contribution < 1.29 is 0 Å². The molecule has 0 saturated carbocycles. The highest BCUT2D eigenvalue weighted by atomic mass is 32.1. The van der Waals surface area contributed by atoms with Crippen LogP contribution in [0.2, 0.25) is 0 Å². The van der Waals surface area contributed by atoms with Crippen LogP contribution in [0.1, 0.15) is 30.8 Å². The van der Waals surface area contributed by atoms with E-state index in [1.165, 1.54) is 11.3 Å². The van der Waals surface area contributed by atoms with Gasteiger partial charge in [-0.15, -0.1) is 0 Å². The van der Waals surface area contributed by atoms with Crippen LogP contribution in [-0.2, 0) is 13.6 Å². The molecule has 0 bridgehead atoms. The average Bonchev–Trinajstić information content (AvgIpc) is 2.65. The van der Waals surface area contributed by atoms with Crippen molar-refractivity contribution in [1.29, 1.82) is 0 Å². The van der Waals surface area contributed by atoms with Crippen molar-refractivity contribution in [3.8, 4) is 0 Å². The molecule has 0 amide bonds. The lowest BCUT2D eigenvalue weighted by atomic mass is 10.1. The molecule has 1 aliphatic heterocycles. The minimum atomic E-state index is 0.399. The molecule has 6 heteroatoms. The lowest BCUT2D eigenvalue weighted by Crippen LogP contribution is -2.52. The SMILES string of the molecule is Cc1nn(C)c(C)c1CN1CCN(C(=S)NC(C)C)CC1. The molecule has 5 nitrogen and oxygen atoms in total. The topological polar surface area (TPSA) is 36.3 Å². The van der Waals surface area contributed by atoms with Crippen molar-refractivity contribution >= 4 is 17.3 Å². The number of nitrogens with zero attached hydrogens (tertiary/aromatic N) is 4. The van der Waals surface area contributed by atoms with Crippen molar-refractivity contribution in [3.63, 3.8) is 0 Å². The molecule has 0 aromatic carbocycles. The van der Waals surface area contributed by atoms with Crippen LogP contribution >= 0.6 is 12.2 Å². The standard InChI is InChI=1S/C15H27N5S/c1-11(2)16-15(21)20-8-6-19(7-9-20)10-14-12(3)17-18(5)13(14)4/h11H,6-10H2,1-5H3,(H,16,21). The minimum Gasteiger partial charge on any atom is -0.360 e. The molecule has 1 aromatic rings. The largest absolute Gasteiger partial charge is 0.360 e. The van der Waals surface area contributed by atoms with E-state index >= 15 is 0 Å². The fourth-order valence-corrected chi connectivity index (χ4v) is 3.14. The van der Waals surface area contributed by atoms with Gasteiger partial charge in [-0.25, -0.2) is 0 Å². The highest BCUT2D eigenvalue weighted by Crippen LogP contribution is 2.16. The minimum absolute atomic E-state index is 0.399. The summed E-state index contributed by atoms with van der Waals surface area (Å²) in [4.78, 5) is 4.76. The normalized spacial score (nSPS) is 16.6. The third kappa shape index (κ3) is 3.95. The van der Waals surface area contributed by atoms with Crippen LogP contribution < -0.4 is 5.32 Å². The maximum Gasteiger partial charge on any atom is 0.169 e. The van der Waals surface area contributed by atoms with Crippen molar-refractivity contribution in [2.24, 2.45) is 7.05 Å². The van der Waals surface area contributed by atoms with Gasteiger partial charge < -0.3 is 10.2 Å². The van der Waals surface area contributed by atoms with Crippen LogP contribution in [0.3, 0.4) is 0 Å². The lowest BCUT2D eigenvalue weighted by molar-refractivity contribution is 0.173. The Morgan fingerprint density at radius 2 is 1.86 bits per heavy atom. The first-order chi connectivity index (χ1) is 9.88. The van der Waals surface area contributed by atoms with Crippen molar-refractivity contribution in [2.45, 2.75) is 40.3 Å². The predicted octanol–water partition coefficient (Wildman–Crippen LogP) is 1.44. The highest BCUT2D eigenvalue weighted by molar-refractivity contribution is 7.80. The molecule has 2 rings (SSSR count). The number of aromatic nitrogens is 2. The van der Waals surface area contributed by atoms with Gasteiger partial charge in [-0.05, 0) is 39.9 Å². The van der Waals surface area contributed by atoms with Gasteiger partial charge in [0.15, 0.2) is 5.11 Å². The van der Waals surface area contributed by atoms with Crippen molar-refractivity contribution in [3.05, 3.63) is 17.0 Å². The van der Waals surface area contributed by atoms with E-state index in [1.807, 2.05) is 11.7 Å². The van der Waals surface area contributed by atoms with Gasteiger partial charge in [-0.3, -0.25) is 9.58 Å². The summed E-state index contributed by atoms with van der Waals surface area (Å²) >= 11 is 5.45. The van der Waals surface area contributed by atoms with Gasteiger partial charge >= 0.3 is 0 Å². The third-order valence-corrected chi connectivity index (χ3v) is 4.49. The first-order valence-corrected chi connectivity index (χ1v) is 8.06. The van der Waals surface area contributed by atoms with Crippen LogP contribution in [0.25, 0.3) is 0 Å². The summed E-state index contributed by atoms with van der Waals surface area (Å²) in [5, 5.41) is 8.71. The third-order valence-electron chi connectivity index (χ3n) is 4.11. The van der Waals surface area contributed by atoms with Gasteiger partial charge in [0.25, 0.3) is 0 Å². The number of aryl methyl sites for hydroxylation is 2. The molecule has 0 radical (unpaired) electrons. The summed E-state index contributed by atoms with van der Waals surface area (Å²) < 4.78 is 1.97. The number of nitrogens with one attached hydrogen (secondary N) is 1. The van der Waals surface area contributed by atoms with Crippen LogP contribution in [0.15, 0.2) is 0 Å². The zero-order chi connectivity index (χ0) is 15.6. The predicted molar refractivity (Wildman–Crippen MR) is 90.4 cm³/mol. The van der Waals surface area contributed by atoms with E-state index in [0.717, 1.165) is 43.5 Å². The van der Waals surface area contributed by atoms with Gasteiger partial charge in [-0.2, -0.15) is 5.10 Å². The first kappa shape index (κ1) is 16.2. The molecule has 1 aromatic heterocycles. The number of thiocarbonyl (C=S) groups is 1. The molecule has 1 N–H and O–H groups in total. The quantitative estimate of drug-likeness (QED) is 0.855. The molecule has 0 unspecified atom stereocenters. The van der Waals surface area contributed by atoms with E-state index in [2.05, 4.69) is 47.9 Å². The zero-order valence-corrected chi connectivity index (χ0v) is 14.6. The molecular formula is C15H27N5S. The summed E-state index contributed by atoms with van der Waals surface area (Å²) in [6.45, 7) is 13.6. The summed E-state index contributed by atoms with van der Waals surface area (Å²) in [6, 6.07) is 0.399. The fraction of sp³-hybridized carbons (Fsp3) is 0.733. The Balaban J connectivity index is 1.88. The Bertz CT molecular complexity index is 500. The second kappa shape index (κ2) is 6.75. The van der Waals surface area contributed by atoms with E-state index in [1.54, 1.807) is 0 Å². The number of hydrogen-bond acceptors (Lipinski definition) is 3. The zero-order valence-electron chi connectivity index (χ0n) is 13.8. The van der Waals surface area contributed by atoms with E-state index in [-0.39, 0.29) is 0 Å². The highest BCUT2D eigenvalue weighted by Gasteiger charge is 2.21. The summed E-state index contributed by atoms with van der Waals surface area (Å²) in [6.07, 6.45) is 0. The van der Waals surface area contributed by atoms with Gasteiger partial charge in [0, 0.05) is 57.1 Å².